The van der Waals surface area contributed by atoms with E-state index in [1.807, 2.05) is 19.1 Å². The Morgan fingerprint density at radius 3 is 1.97 bits per heavy atom. The fourth-order valence-electron chi connectivity index (χ4n) is 2.47. The van der Waals surface area contributed by atoms with Gasteiger partial charge in [-0.2, -0.15) is 13.2 Å². The Morgan fingerprint density at radius 2 is 1.38 bits per heavy atom. The number of hydrogen-bond acceptors (Lipinski definition) is 3. The largest absolute Gasteiger partial charge is 0.416 e. The van der Waals surface area contributed by atoms with Crippen LogP contribution in [-0.4, -0.2) is 16.8 Å². The highest BCUT2D eigenvalue weighted by molar-refractivity contribution is 6.07. The molecule has 0 aliphatic rings. The van der Waals surface area contributed by atoms with Gasteiger partial charge in [-0.25, -0.2) is 0 Å². The molecule has 0 bridgehead atoms. The zero-order valence-corrected chi connectivity index (χ0v) is 15.2. The van der Waals surface area contributed by atoms with Gasteiger partial charge in [-0.05, 0) is 55.5 Å². The maximum absolute atomic E-state index is 12.6. The van der Waals surface area contributed by atoms with Crippen LogP contribution in [0.15, 0.2) is 66.9 Å². The van der Waals surface area contributed by atoms with Gasteiger partial charge in [0.05, 0.1) is 5.56 Å². The molecular formula is C21H16F3N3O2. The molecule has 0 saturated carbocycles. The van der Waals surface area contributed by atoms with Crippen LogP contribution in [0.3, 0.4) is 0 Å². The topological polar surface area (TPSA) is 71.1 Å². The number of carbonyl (C=O) groups is 2. The summed E-state index contributed by atoms with van der Waals surface area (Å²) in [5.74, 6) is -1.06. The summed E-state index contributed by atoms with van der Waals surface area (Å²) < 4.78 is 37.8. The van der Waals surface area contributed by atoms with Crippen molar-refractivity contribution < 1.29 is 22.8 Å². The first-order valence-corrected chi connectivity index (χ1v) is 8.55. The molecule has 29 heavy (non-hydrogen) atoms. The van der Waals surface area contributed by atoms with Crippen LogP contribution in [0.5, 0.6) is 0 Å². The fourth-order valence-corrected chi connectivity index (χ4v) is 2.47. The van der Waals surface area contributed by atoms with E-state index in [0.29, 0.717) is 5.69 Å². The van der Waals surface area contributed by atoms with Gasteiger partial charge < -0.3 is 10.6 Å². The third-order valence-electron chi connectivity index (χ3n) is 4.03. The first kappa shape index (κ1) is 20.1. The van der Waals surface area contributed by atoms with Crippen LogP contribution in [0.25, 0.3) is 0 Å². The smallest absolute Gasteiger partial charge is 0.322 e. The van der Waals surface area contributed by atoms with Crippen LogP contribution >= 0.6 is 0 Å². The second kappa shape index (κ2) is 8.14. The van der Waals surface area contributed by atoms with E-state index in [2.05, 4.69) is 15.6 Å². The fraction of sp³-hybridized carbons (Fsp3) is 0.0952. The van der Waals surface area contributed by atoms with Gasteiger partial charge in [0.15, 0.2) is 0 Å². The molecule has 8 heteroatoms. The summed E-state index contributed by atoms with van der Waals surface area (Å²) in [4.78, 5) is 28.6. The lowest BCUT2D eigenvalue weighted by molar-refractivity contribution is -0.137. The van der Waals surface area contributed by atoms with Crippen LogP contribution in [0.1, 0.15) is 32.0 Å². The standard InChI is InChI=1S/C21H16F3N3O2/c1-13-2-6-16(7-3-13)26-19(28)14-10-11-25-18(12-14)20(29)27-17-8-4-15(5-9-17)21(22,23)24/h2-12H,1H3,(H,26,28)(H,27,29). The van der Waals surface area contributed by atoms with E-state index < -0.39 is 23.6 Å². The van der Waals surface area contributed by atoms with Gasteiger partial charge in [0.25, 0.3) is 11.8 Å². The minimum Gasteiger partial charge on any atom is -0.322 e. The van der Waals surface area contributed by atoms with E-state index in [9.17, 15) is 22.8 Å². The molecule has 3 rings (SSSR count). The maximum atomic E-state index is 12.6. The number of anilines is 2. The molecule has 0 aliphatic carbocycles. The summed E-state index contributed by atoms with van der Waals surface area (Å²) in [5.41, 5.74) is 1.20. The van der Waals surface area contributed by atoms with Gasteiger partial charge in [0, 0.05) is 23.1 Å². The Labute approximate surface area is 164 Å². The predicted molar refractivity (Wildman–Crippen MR) is 103 cm³/mol. The Morgan fingerprint density at radius 1 is 0.828 bits per heavy atom. The summed E-state index contributed by atoms with van der Waals surface area (Å²) in [7, 11) is 0. The number of benzene rings is 2. The summed E-state index contributed by atoms with van der Waals surface area (Å²) in [6.07, 6.45) is -3.14. The highest BCUT2D eigenvalue weighted by atomic mass is 19.4. The third kappa shape index (κ3) is 5.19. The molecule has 148 valence electrons. The van der Waals surface area contributed by atoms with Gasteiger partial charge in [0.1, 0.15) is 5.69 Å². The molecule has 3 aromatic rings. The van der Waals surface area contributed by atoms with Crippen molar-refractivity contribution in [2.75, 3.05) is 10.6 Å². The second-order valence-electron chi connectivity index (χ2n) is 6.28. The van der Waals surface area contributed by atoms with Gasteiger partial charge in [-0.3, -0.25) is 14.6 Å². The van der Waals surface area contributed by atoms with Gasteiger partial charge in [-0.15, -0.1) is 0 Å². The number of carbonyl (C=O) groups excluding carboxylic acids is 2. The first-order chi connectivity index (χ1) is 13.7. The molecule has 2 amide bonds. The molecule has 2 aromatic carbocycles. The molecule has 1 aromatic heterocycles. The van der Waals surface area contributed by atoms with Crippen LogP contribution < -0.4 is 10.6 Å². The number of alkyl halides is 3. The van der Waals surface area contributed by atoms with Crippen molar-refractivity contribution in [3.8, 4) is 0 Å². The average Bonchev–Trinajstić information content (AvgIpc) is 2.69. The highest BCUT2D eigenvalue weighted by Crippen LogP contribution is 2.29. The Hall–Kier alpha value is -3.68. The number of pyridine rings is 1. The number of rotatable bonds is 4. The van der Waals surface area contributed by atoms with Gasteiger partial charge in [-0.1, -0.05) is 17.7 Å². The second-order valence-corrected chi connectivity index (χ2v) is 6.28. The summed E-state index contributed by atoms with van der Waals surface area (Å²) in [5, 5.41) is 5.18. The van der Waals surface area contributed by atoms with E-state index in [4.69, 9.17) is 0 Å². The van der Waals surface area contributed by atoms with Gasteiger partial charge >= 0.3 is 6.18 Å². The van der Waals surface area contributed by atoms with Crippen LogP contribution in [0.2, 0.25) is 0 Å². The van der Waals surface area contributed by atoms with E-state index in [1.54, 1.807) is 12.1 Å². The monoisotopic (exact) mass is 399 g/mol. The van der Waals surface area contributed by atoms with E-state index >= 15 is 0 Å². The average molecular weight is 399 g/mol. The number of aromatic nitrogens is 1. The van der Waals surface area contributed by atoms with E-state index in [0.717, 1.165) is 29.8 Å². The quantitative estimate of drug-likeness (QED) is 0.655. The molecule has 0 spiro atoms. The van der Waals surface area contributed by atoms with Crippen molar-refractivity contribution in [2.24, 2.45) is 0 Å². The molecule has 0 atom stereocenters. The minimum absolute atomic E-state index is 0.0403. The predicted octanol–water partition coefficient (Wildman–Crippen LogP) is 4.91. The van der Waals surface area contributed by atoms with Crippen molar-refractivity contribution >= 4 is 23.2 Å². The van der Waals surface area contributed by atoms with E-state index in [-0.39, 0.29) is 16.9 Å². The van der Waals surface area contributed by atoms with Crippen molar-refractivity contribution in [3.63, 3.8) is 0 Å². The number of aryl methyl sites for hydroxylation is 1. The molecule has 0 aliphatic heterocycles. The summed E-state index contributed by atoms with van der Waals surface area (Å²) >= 11 is 0. The lowest BCUT2D eigenvalue weighted by Gasteiger charge is -2.09. The number of halogens is 3. The number of nitrogens with one attached hydrogen (secondary N) is 2. The Bertz CT molecular complexity index is 1030. The molecule has 0 saturated heterocycles. The lowest BCUT2D eigenvalue weighted by atomic mass is 10.1. The van der Waals surface area contributed by atoms with Crippen molar-refractivity contribution in [2.45, 2.75) is 13.1 Å². The molecule has 2 N–H and O–H groups in total. The zero-order valence-electron chi connectivity index (χ0n) is 15.2. The van der Waals surface area contributed by atoms with Crippen molar-refractivity contribution in [1.29, 1.82) is 0 Å². The molecule has 0 radical (unpaired) electrons. The molecule has 1 heterocycles. The number of amides is 2. The van der Waals surface area contributed by atoms with Crippen LogP contribution in [-0.2, 0) is 6.18 Å². The summed E-state index contributed by atoms with van der Waals surface area (Å²) in [6, 6.07) is 14.0. The van der Waals surface area contributed by atoms with Crippen molar-refractivity contribution in [1.82, 2.24) is 4.98 Å². The number of nitrogens with zero attached hydrogens (tertiary/aromatic N) is 1. The van der Waals surface area contributed by atoms with Gasteiger partial charge in [0.2, 0.25) is 0 Å². The Kier molecular flexibility index (Phi) is 5.63. The third-order valence-corrected chi connectivity index (χ3v) is 4.03. The highest BCUT2D eigenvalue weighted by Gasteiger charge is 2.30. The normalized spacial score (nSPS) is 11.0. The lowest BCUT2D eigenvalue weighted by Crippen LogP contribution is -2.17. The minimum atomic E-state index is -4.46. The van der Waals surface area contributed by atoms with E-state index in [1.165, 1.54) is 18.3 Å². The summed E-state index contributed by atoms with van der Waals surface area (Å²) in [6.45, 7) is 1.93. The maximum Gasteiger partial charge on any atom is 0.416 e. The molecular weight excluding hydrogens is 383 g/mol. The van der Waals surface area contributed by atoms with Crippen LogP contribution in [0.4, 0.5) is 24.5 Å². The van der Waals surface area contributed by atoms with Crippen LogP contribution in [0, 0.1) is 6.92 Å². The van der Waals surface area contributed by atoms with Crippen molar-refractivity contribution in [3.05, 3.63) is 89.2 Å². The molecule has 5 nitrogen and oxygen atoms in total. The first-order valence-electron chi connectivity index (χ1n) is 8.55. The molecule has 0 fully saturated rings. The SMILES string of the molecule is Cc1ccc(NC(=O)c2ccnc(C(=O)Nc3ccc(C(F)(F)F)cc3)c2)cc1. The zero-order chi connectivity index (χ0) is 21.0. The molecule has 0 unspecified atom stereocenters. The Balaban J connectivity index is 1.70. The number of hydrogen-bond donors (Lipinski definition) is 2.